The molecule has 1 heteroatoms. The molecule has 1 aliphatic heterocycles. The molecule has 0 saturated carbocycles. The van der Waals surface area contributed by atoms with Crippen LogP contribution in [0.1, 0.15) is 23.6 Å². The maximum Gasteiger partial charge on any atom is 0.0470 e. The second kappa shape index (κ2) is 5.22. The molecule has 0 amide bonds. The maximum absolute atomic E-state index is 3.66. The molecule has 0 aliphatic carbocycles. The van der Waals surface area contributed by atoms with Gasteiger partial charge in [-0.3, -0.25) is 0 Å². The molecule has 1 nitrogen and oxygen atoms in total. The van der Waals surface area contributed by atoms with Crippen LogP contribution in [-0.2, 0) is 5.41 Å². The first-order valence-electron chi connectivity index (χ1n) is 8.73. The van der Waals surface area contributed by atoms with Crippen LogP contribution in [0, 0.1) is 0 Å². The normalized spacial score (nSPS) is 18.3. The molecule has 1 unspecified atom stereocenters. The Bertz CT molecular complexity index is 1080. The number of para-hydroxylation sites is 1. The molecule has 1 atom stereocenters. The van der Waals surface area contributed by atoms with Gasteiger partial charge in [0.2, 0.25) is 0 Å². The van der Waals surface area contributed by atoms with E-state index < -0.39 is 0 Å². The highest BCUT2D eigenvalue weighted by atomic mass is 14.9. The molecule has 0 bridgehead atoms. The van der Waals surface area contributed by atoms with Crippen molar-refractivity contribution in [2.24, 2.45) is 0 Å². The summed E-state index contributed by atoms with van der Waals surface area (Å²) in [6.07, 6.45) is 0. The van der Waals surface area contributed by atoms with Gasteiger partial charge in [0.05, 0.1) is 0 Å². The number of nitrogens with one attached hydrogen (secondary N) is 1. The monoisotopic (exact) mass is 321 g/mol. The van der Waals surface area contributed by atoms with E-state index in [0.29, 0.717) is 0 Å². The summed E-state index contributed by atoms with van der Waals surface area (Å²) in [6, 6.07) is 32.6. The summed E-state index contributed by atoms with van der Waals surface area (Å²) in [6.45, 7) is 2.35. The average Bonchev–Trinajstić information content (AvgIpc) is 2.68. The minimum absolute atomic E-state index is 0.195. The molecule has 5 rings (SSSR count). The van der Waals surface area contributed by atoms with Crippen molar-refractivity contribution < 1.29 is 0 Å². The van der Waals surface area contributed by atoms with Gasteiger partial charge in [-0.05, 0) is 46.5 Å². The lowest BCUT2D eigenvalue weighted by Crippen LogP contribution is -2.31. The van der Waals surface area contributed by atoms with E-state index in [1.807, 2.05) is 0 Å². The summed E-state index contributed by atoms with van der Waals surface area (Å²) in [5.41, 5.74) is 6.20. The molecule has 4 aromatic rings. The van der Waals surface area contributed by atoms with E-state index in [-0.39, 0.29) is 5.41 Å². The highest BCUT2D eigenvalue weighted by molar-refractivity contribution is 5.96. The van der Waals surface area contributed by atoms with Gasteiger partial charge in [-0.15, -0.1) is 0 Å². The van der Waals surface area contributed by atoms with E-state index in [9.17, 15) is 0 Å². The Hall–Kier alpha value is -3.06. The lowest BCUT2D eigenvalue weighted by Gasteiger charge is -2.40. The van der Waals surface area contributed by atoms with Crippen LogP contribution in [0.3, 0.4) is 0 Å². The molecule has 1 heterocycles. The summed E-state index contributed by atoms with van der Waals surface area (Å²) in [5, 5.41) is 6.25. The molecule has 0 fully saturated rings. The number of hydrogen-bond donors (Lipinski definition) is 1. The van der Waals surface area contributed by atoms with Gasteiger partial charge in [-0.25, -0.2) is 0 Å². The molecule has 4 aromatic carbocycles. The molecular weight excluding hydrogens is 302 g/mol. The third-order valence-electron chi connectivity index (χ3n) is 5.52. The van der Waals surface area contributed by atoms with E-state index >= 15 is 0 Å². The minimum Gasteiger partial charge on any atom is -0.355 e. The van der Waals surface area contributed by atoms with Gasteiger partial charge in [0, 0.05) is 16.8 Å². The third kappa shape index (κ3) is 1.96. The van der Waals surface area contributed by atoms with Gasteiger partial charge in [0.1, 0.15) is 0 Å². The van der Waals surface area contributed by atoms with Gasteiger partial charge >= 0.3 is 0 Å². The first-order valence-corrected chi connectivity index (χ1v) is 8.73. The highest BCUT2D eigenvalue weighted by Gasteiger charge is 2.39. The SMILES string of the molecule is CC1(c2ccccc2)c2ccccc2Nc2ccc3ccccc3c21. The number of anilines is 2. The van der Waals surface area contributed by atoms with Crippen LogP contribution in [-0.4, -0.2) is 0 Å². The fourth-order valence-corrected chi connectivity index (χ4v) is 4.29. The summed E-state index contributed by atoms with van der Waals surface area (Å²) in [7, 11) is 0. The lowest BCUT2D eigenvalue weighted by atomic mass is 9.67. The first-order chi connectivity index (χ1) is 12.3. The average molecular weight is 321 g/mol. The Balaban J connectivity index is 1.94. The standard InChI is InChI=1S/C24H19N/c1-24(18-10-3-2-4-11-18)20-13-7-8-14-21(20)25-22-16-15-17-9-5-6-12-19(17)23(22)24/h2-16,25H,1H3. The smallest absolute Gasteiger partial charge is 0.0470 e. The molecule has 0 radical (unpaired) electrons. The zero-order chi connectivity index (χ0) is 16.9. The van der Waals surface area contributed by atoms with Gasteiger partial charge in [0.15, 0.2) is 0 Å². The van der Waals surface area contributed by atoms with Gasteiger partial charge in [-0.2, -0.15) is 0 Å². The van der Waals surface area contributed by atoms with Crippen LogP contribution in [0.5, 0.6) is 0 Å². The molecular formula is C24H19N. The quantitative estimate of drug-likeness (QED) is 0.437. The number of fused-ring (bicyclic) bond motifs is 4. The zero-order valence-corrected chi connectivity index (χ0v) is 14.2. The van der Waals surface area contributed by atoms with Crippen LogP contribution in [0.15, 0.2) is 91.0 Å². The Morgan fingerprint density at radius 1 is 0.640 bits per heavy atom. The van der Waals surface area contributed by atoms with Crippen molar-refractivity contribution in [3.63, 3.8) is 0 Å². The van der Waals surface area contributed by atoms with Crippen LogP contribution in [0.25, 0.3) is 10.8 Å². The number of benzene rings is 4. The second-order valence-electron chi connectivity index (χ2n) is 6.87. The third-order valence-corrected chi connectivity index (χ3v) is 5.52. The van der Waals surface area contributed by atoms with E-state index in [1.165, 1.54) is 38.8 Å². The fraction of sp³-hybridized carbons (Fsp3) is 0.0833. The first kappa shape index (κ1) is 14.3. The van der Waals surface area contributed by atoms with Crippen molar-refractivity contribution in [2.75, 3.05) is 5.32 Å². The van der Waals surface area contributed by atoms with Crippen molar-refractivity contribution >= 4 is 22.1 Å². The van der Waals surface area contributed by atoms with Crippen molar-refractivity contribution in [1.82, 2.24) is 0 Å². The molecule has 1 N–H and O–H groups in total. The summed E-state index contributed by atoms with van der Waals surface area (Å²) >= 11 is 0. The molecule has 25 heavy (non-hydrogen) atoms. The predicted molar refractivity (Wildman–Crippen MR) is 106 cm³/mol. The van der Waals surface area contributed by atoms with E-state index in [4.69, 9.17) is 0 Å². The fourth-order valence-electron chi connectivity index (χ4n) is 4.29. The van der Waals surface area contributed by atoms with Crippen LogP contribution in [0.4, 0.5) is 11.4 Å². The molecule has 1 aliphatic rings. The Kier molecular flexibility index (Phi) is 2.98. The molecule has 0 aromatic heterocycles. The number of hydrogen-bond acceptors (Lipinski definition) is 1. The van der Waals surface area contributed by atoms with Gasteiger partial charge < -0.3 is 5.32 Å². The summed E-state index contributed by atoms with van der Waals surface area (Å²) in [5.74, 6) is 0. The van der Waals surface area contributed by atoms with Crippen LogP contribution < -0.4 is 5.32 Å². The Morgan fingerprint density at radius 3 is 2.24 bits per heavy atom. The van der Waals surface area contributed by atoms with Crippen molar-refractivity contribution in [2.45, 2.75) is 12.3 Å². The Morgan fingerprint density at radius 2 is 1.36 bits per heavy atom. The van der Waals surface area contributed by atoms with Crippen LogP contribution >= 0.6 is 0 Å². The van der Waals surface area contributed by atoms with Gasteiger partial charge in [-0.1, -0.05) is 78.9 Å². The van der Waals surface area contributed by atoms with E-state index in [2.05, 4.69) is 103 Å². The van der Waals surface area contributed by atoms with Crippen molar-refractivity contribution in [1.29, 1.82) is 0 Å². The maximum atomic E-state index is 3.66. The highest BCUT2D eigenvalue weighted by Crippen LogP contribution is 2.51. The minimum atomic E-state index is -0.195. The van der Waals surface area contributed by atoms with Gasteiger partial charge in [0.25, 0.3) is 0 Å². The van der Waals surface area contributed by atoms with E-state index in [0.717, 1.165) is 0 Å². The topological polar surface area (TPSA) is 12.0 Å². The van der Waals surface area contributed by atoms with Crippen LogP contribution in [0.2, 0.25) is 0 Å². The zero-order valence-electron chi connectivity index (χ0n) is 14.2. The largest absolute Gasteiger partial charge is 0.355 e. The summed E-state index contributed by atoms with van der Waals surface area (Å²) in [4.78, 5) is 0. The van der Waals surface area contributed by atoms with E-state index in [1.54, 1.807) is 0 Å². The number of rotatable bonds is 1. The molecule has 0 saturated heterocycles. The predicted octanol–water partition coefficient (Wildman–Crippen LogP) is 6.25. The molecule has 0 spiro atoms. The summed E-state index contributed by atoms with van der Waals surface area (Å²) < 4.78 is 0. The van der Waals surface area contributed by atoms with Crippen molar-refractivity contribution in [3.05, 3.63) is 108 Å². The lowest BCUT2D eigenvalue weighted by molar-refractivity contribution is 0.696. The molecule has 120 valence electrons. The second-order valence-corrected chi connectivity index (χ2v) is 6.87. The van der Waals surface area contributed by atoms with Crippen molar-refractivity contribution in [3.8, 4) is 0 Å². The Labute approximate surface area is 148 Å².